The van der Waals surface area contributed by atoms with Crippen LogP contribution in [0.1, 0.15) is 39.5 Å². The van der Waals surface area contributed by atoms with Crippen molar-refractivity contribution in [2.24, 2.45) is 11.7 Å². The van der Waals surface area contributed by atoms with Gasteiger partial charge >= 0.3 is 0 Å². The topological polar surface area (TPSA) is 73.6 Å². The summed E-state index contributed by atoms with van der Waals surface area (Å²) in [4.78, 5) is 12.4. The van der Waals surface area contributed by atoms with Gasteiger partial charge in [-0.2, -0.15) is 0 Å². The SMILES string of the molecule is COc1ccc(OC(C)CNC(=O)C2CCCCC2(C)N)cc1.Cl. The number of rotatable bonds is 6. The minimum atomic E-state index is -0.400. The number of benzene rings is 1. The molecular formula is C18H29ClN2O3. The number of carbonyl (C=O) groups is 1. The molecule has 1 amide bonds. The molecular weight excluding hydrogens is 328 g/mol. The number of carbonyl (C=O) groups excluding carboxylic acids is 1. The highest BCUT2D eigenvalue weighted by Gasteiger charge is 2.37. The Balaban J connectivity index is 0.00000288. The molecule has 1 aromatic carbocycles. The van der Waals surface area contributed by atoms with E-state index in [-0.39, 0.29) is 30.3 Å². The van der Waals surface area contributed by atoms with Crippen LogP contribution in [-0.2, 0) is 4.79 Å². The Labute approximate surface area is 150 Å². The lowest BCUT2D eigenvalue weighted by atomic mass is 9.74. The smallest absolute Gasteiger partial charge is 0.225 e. The lowest BCUT2D eigenvalue weighted by molar-refractivity contribution is -0.128. The van der Waals surface area contributed by atoms with Gasteiger partial charge in [0.05, 0.1) is 19.6 Å². The van der Waals surface area contributed by atoms with Gasteiger partial charge in [0, 0.05) is 5.54 Å². The molecule has 0 radical (unpaired) electrons. The van der Waals surface area contributed by atoms with E-state index in [0.717, 1.165) is 37.2 Å². The molecule has 2 rings (SSSR count). The maximum Gasteiger partial charge on any atom is 0.225 e. The maximum absolute atomic E-state index is 12.4. The van der Waals surface area contributed by atoms with Crippen LogP contribution in [0.4, 0.5) is 0 Å². The van der Waals surface area contributed by atoms with E-state index in [2.05, 4.69) is 5.32 Å². The summed E-state index contributed by atoms with van der Waals surface area (Å²) in [5.41, 5.74) is 5.88. The van der Waals surface area contributed by atoms with E-state index >= 15 is 0 Å². The number of nitrogens with one attached hydrogen (secondary N) is 1. The van der Waals surface area contributed by atoms with E-state index < -0.39 is 5.54 Å². The second kappa shape index (κ2) is 9.14. The normalized spacial score (nSPS) is 24.4. The van der Waals surface area contributed by atoms with Crippen LogP contribution in [0, 0.1) is 5.92 Å². The van der Waals surface area contributed by atoms with Gasteiger partial charge in [0.2, 0.25) is 5.91 Å². The van der Waals surface area contributed by atoms with Crippen LogP contribution in [0.2, 0.25) is 0 Å². The molecule has 3 unspecified atom stereocenters. The molecule has 3 N–H and O–H groups in total. The molecule has 0 aliphatic heterocycles. The largest absolute Gasteiger partial charge is 0.497 e. The Hall–Kier alpha value is -1.46. The zero-order valence-corrected chi connectivity index (χ0v) is 15.5. The Morgan fingerprint density at radius 2 is 1.96 bits per heavy atom. The minimum Gasteiger partial charge on any atom is -0.497 e. The van der Waals surface area contributed by atoms with Crippen LogP contribution < -0.4 is 20.5 Å². The number of methoxy groups -OCH3 is 1. The van der Waals surface area contributed by atoms with Crippen molar-refractivity contribution < 1.29 is 14.3 Å². The van der Waals surface area contributed by atoms with E-state index in [1.807, 2.05) is 38.1 Å². The quantitative estimate of drug-likeness (QED) is 0.821. The Kier molecular flexibility index (Phi) is 7.84. The second-order valence-electron chi connectivity index (χ2n) is 6.65. The third-order valence-electron chi connectivity index (χ3n) is 4.53. The molecule has 1 aliphatic rings. The van der Waals surface area contributed by atoms with Gasteiger partial charge in [-0.05, 0) is 51.0 Å². The van der Waals surface area contributed by atoms with E-state index in [9.17, 15) is 4.79 Å². The zero-order chi connectivity index (χ0) is 16.9. The summed E-state index contributed by atoms with van der Waals surface area (Å²) in [6.07, 6.45) is 3.84. The first-order valence-corrected chi connectivity index (χ1v) is 8.29. The first-order valence-electron chi connectivity index (χ1n) is 8.29. The van der Waals surface area contributed by atoms with Crippen molar-refractivity contribution >= 4 is 18.3 Å². The minimum absolute atomic E-state index is 0. The average molecular weight is 357 g/mol. The Morgan fingerprint density at radius 1 is 1.33 bits per heavy atom. The molecule has 3 atom stereocenters. The summed E-state index contributed by atoms with van der Waals surface area (Å²) < 4.78 is 10.9. The number of halogens is 1. The van der Waals surface area contributed by atoms with E-state index in [0.29, 0.717) is 6.54 Å². The van der Waals surface area contributed by atoms with Gasteiger partial charge in [-0.15, -0.1) is 12.4 Å². The summed E-state index contributed by atoms with van der Waals surface area (Å²) in [5.74, 6) is 1.48. The molecule has 24 heavy (non-hydrogen) atoms. The summed E-state index contributed by atoms with van der Waals surface area (Å²) in [6.45, 7) is 4.39. The van der Waals surface area contributed by atoms with Gasteiger partial charge in [0.1, 0.15) is 17.6 Å². The van der Waals surface area contributed by atoms with Crippen LogP contribution in [0.15, 0.2) is 24.3 Å². The van der Waals surface area contributed by atoms with Gasteiger partial charge in [-0.3, -0.25) is 4.79 Å². The van der Waals surface area contributed by atoms with E-state index in [4.69, 9.17) is 15.2 Å². The highest BCUT2D eigenvalue weighted by atomic mass is 35.5. The summed E-state index contributed by atoms with van der Waals surface area (Å²) in [7, 11) is 1.63. The molecule has 136 valence electrons. The fourth-order valence-corrected chi connectivity index (χ4v) is 3.08. The van der Waals surface area contributed by atoms with Crippen molar-refractivity contribution in [3.8, 4) is 11.5 Å². The monoisotopic (exact) mass is 356 g/mol. The van der Waals surface area contributed by atoms with Crippen LogP contribution in [-0.4, -0.2) is 31.2 Å². The number of hydrogen-bond acceptors (Lipinski definition) is 4. The van der Waals surface area contributed by atoms with Crippen molar-refractivity contribution in [1.29, 1.82) is 0 Å². The molecule has 0 aromatic heterocycles. The van der Waals surface area contributed by atoms with Crippen molar-refractivity contribution in [3.05, 3.63) is 24.3 Å². The molecule has 1 aliphatic carbocycles. The predicted molar refractivity (Wildman–Crippen MR) is 97.9 cm³/mol. The first-order chi connectivity index (χ1) is 10.9. The summed E-state index contributed by atoms with van der Waals surface area (Å²) in [5, 5.41) is 2.98. The number of ether oxygens (including phenoxy) is 2. The number of amides is 1. The molecule has 0 saturated heterocycles. The van der Waals surface area contributed by atoms with Crippen molar-refractivity contribution in [2.75, 3.05) is 13.7 Å². The lowest BCUT2D eigenvalue weighted by Gasteiger charge is -2.37. The van der Waals surface area contributed by atoms with Crippen molar-refractivity contribution in [1.82, 2.24) is 5.32 Å². The van der Waals surface area contributed by atoms with Gasteiger partial charge in [0.15, 0.2) is 0 Å². The maximum atomic E-state index is 12.4. The molecule has 1 saturated carbocycles. The highest BCUT2D eigenvalue weighted by Crippen LogP contribution is 2.31. The third kappa shape index (κ3) is 5.56. The lowest BCUT2D eigenvalue weighted by Crippen LogP contribution is -2.53. The van der Waals surface area contributed by atoms with Crippen LogP contribution in [0.25, 0.3) is 0 Å². The zero-order valence-electron chi connectivity index (χ0n) is 14.7. The molecule has 1 aromatic rings. The molecule has 5 nitrogen and oxygen atoms in total. The standard InChI is InChI=1S/C18H28N2O3.ClH/c1-13(23-15-9-7-14(22-3)8-10-15)12-20-17(21)16-6-4-5-11-18(16,2)19;/h7-10,13,16H,4-6,11-12,19H2,1-3H3,(H,20,21);1H. The van der Waals surface area contributed by atoms with Gasteiger partial charge in [-0.25, -0.2) is 0 Å². The number of nitrogens with two attached hydrogens (primary N) is 1. The van der Waals surface area contributed by atoms with Gasteiger partial charge < -0.3 is 20.5 Å². The molecule has 6 heteroatoms. The molecule has 1 fully saturated rings. The Bertz CT molecular complexity index is 520. The number of hydrogen-bond donors (Lipinski definition) is 2. The molecule has 0 bridgehead atoms. The van der Waals surface area contributed by atoms with Gasteiger partial charge in [-0.1, -0.05) is 12.8 Å². The van der Waals surface area contributed by atoms with Crippen LogP contribution in [0.5, 0.6) is 11.5 Å². The highest BCUT2D eigenvalue weighted by molar-refractivity contribution is 5.85. The molecule has 0 heterocycles. The van der Waals surface area contributed by atoms with Gasteiger partial charge in [0.25, 0.3) is 0 Å². The third-order valence-corrected chi connectivity index (χ3v) is 4.53. The second-order valence-corrected chi connectivity index (χ2v) is 6.65. The van der Waals surface area contributed by atoms with Crippen molar-refractivity contribution in [3.63, 3.8) is 0 Å². The first kappa shape index (κ1) is 20.6. The van der Waals surface area contributed by atoms with Crippen molar-refractivity contribution in [2.45, 2.75) is 51.2 Å². The van der Waals surface area contributed by atoms with Crippen LogP contribution in [0.3, 0.4) is 0 Å². The van der Waals surface area contributed by atoms with E-state index in [1.165, 1.54) is 0 Å². The molecule has 0 spiro atoms. The summed E-state index contributed by atoms with van der Waals surface area (Å²) in [6, 6.07) is 7.41. The average Bonchev–Trinajstić information content (AvgIpc) is 2.53. The summed E-state index contributed by atoms with van der Waals surface area (Å²) >= 11 is 0. The fourth-order valence-electron chi connectivity index (χ4n) is 3.08. The van der Waals surface area contributed by atoms with E-state index in [1.54, 1.807) is 7.11 Å². The van der Waals surface area contributed by atoms with Crippen LogP contribution >= 0.6 is 12.4 Å². The fraction of sp³-hybridized carbons (Fsp3) is 0.611. The Morgan fingerprint density at radius 3 is 2.54 bits per heavy atom. The predicted octanol–water partition coefficient (Wildman–Crippen LogP) is 2.91.